The fourth-order valence-electron chi connectivity index (χ4n) is 2.84. The van der Waals surface area contributed by atoms with Gasteiger partial charge >= 0.3 is 0 Å². The molecule has 6 nitrogen and oxygen atoms in total. The number of rotatable bonds is 8. The summed E-state index contributed by atoms with van der Waals surface area (Å²) in [6, 6.07) is 10.1. The molecule has 0 radical (unpaired) electrons. The van der Waals surface area contributed by atoms with E-state index in [-0.39, 0.29) is 41.2 Å². The monoisotopic (exact) mass is 432 g/mol. The summed E-state index contributed by atoms with van der Waals surface area (Å²) in [6.45, 7) is 1.92. The number of carbonyl (C=O) groups is 2. The topological polar surface area (TPSA) is 76.9 Å². The quantitative estimate of drug-likeness (QED) is 0.587. The number of benzene rings is 2. The molecule has 9 heteroatoms. The Bertz CT molecular complexity index is 1080. The summed E-state index contributed by atoms with van der Waals surface area (Å²) in [5.41, 5.74) is 1.02. The second-order valence-corrected chi connectivity index (χ2v) is 6.98. The number of aryl methyl sites for hydroxylation is 1. The first kappa shape index (κ1) is 21.6. The predicted molar refractivity (Wildman–Crippen MR) is 108 cm³/mol. The van der Waals surface area contributed by atoms with Gasteiger partial charge in [-0.05, 0) is 49.2 Å². The van der Waals surface area contributed by atoms with Gasteiger partial charge in [-0.3, -0.25) is 9.59 Å². The van der Waals surface area contributed by atoms with Crippen LogP contribution < -0.4 is 5.32 Å². The average molecular weight is 433 g/mol. The first-order valence-corrected chi connectivity index (χ1v) is 9.69. The Labute approximate surface area is 176 Å². The van der Waals surface area contributed by atoms with Crippen molar-refractivity contribution in [1.29, 1.82) is 0 Å². The Morgan fingerprint density at radius 1 is 1.17 bits per heavy atom. The standard InChI is InChI=1S/C21H19ClF2N4O2/c1-2-25-21(30)20-26-19(14-7-9-17(22)18(24)11-14)27-28(20)12-16(29)8-6-13-4-3-5-15(23)10-13/h3-5,7,9-11H,2,6,8,12H2,1H3,(H,25,30). The lowest BCUT2D eigenvalue weighted by Crippen LogP contribution is -2.28. The Hall–Kier alpha value is -3.13. The minimum atomic E-state index is -0.642. The van der Waals surface area contributed by atoms with Crippen molar-refractivity contribution in [3.8, 4) is 11.4 Å². The molecule has 156 valence electrons. The predicted octanol–water partition coefficient (Wildman–Crippen LogP) is 3.83. The lowest BCUT2D eigenvalue weighted by atomic mass is 10.1. The lowest BCUT2D eigenvalue weighted by molar-refractivity contribution is -0.119. The smallest absolute Gasteiger partial charge is 0.288 e. The number of halogens is 3. The molecule has 1 heterocycles. The number of carbonyl (C=O) groups excluding carboxylic acids is 2. The van der Waals surface area contributed by atoms with Gasteiger partial charge in [0.05, 0.1) is 5.02 Å². The van der Waals surface area contributed by atoms with Gasteiger partial charge in [-0.2, -0.15) is 0 Å². The molecule has 0 bridgehead atoms. The molecule has 2 aromatic carbocycles. The van der Waals surface area contributed by atoms with Crippen molar-refractivity contribution in [1.82, 2.24) is 20.1 Å². The zero-order valence-corrected chi connectivity index (χ0v) is 16.9. The molecule has 0 atom stereocenters. The third kappa shape index (κ3) is 5.27. The van der Waals surface area contributed by atoms with E-state index in [1.807, 2.05) is 0 Å². The van der Waals surface area contributed by atoms with Crippen LogP contribution in [0, 0.1) is 11.6 Å². The summed E-state index contributed by atoms with van der Waals surface area (Å²) in [5, 5.41) is 6.79. The van der Waals surface area contributed by atoms with E-state index in [1.54, 1.807) is 19.1 Å². The zero-order chi connectivity index (χ0) is 21.7. The molecular weight excluding hydrogens is 414 g/mol. The van der Waals surface area contributed by atoms with Gasteiger partial charge in [-0.1, -0.05) is 23.7 Å². The molecule has 0 spiro atoms. The molecule has 0 fully saturated rings. The molecule has 1 amide bonds. The van der Waals surface area contributed by atoms with Crippen LogP contribution in [0.15, 0.2) is 42.5 Å². The highest BCUT2D eigenvalue weighted by Crippen LogP contribution is 2.22. The van der Waals surface area contributed by atoms with Crippen LogP contribution in [0.25, 0.3) is 11.4 Å². The van der Waals surface area contributed by atoms with Crippen LogP contribution in [0.4, 0.5) is 8.78 Å². The molecule has 0 unspecified atom stereocenters. The van der Waals surface area contributed by atoms with Gasteiger partial charge in [0.15, 0.2) is 11.6 Å². The number of ketones is 1. The van der Waals surface area contributed by atoms with Crippen LogP contribution in [0.5, 0.6) is 0 Å². The summed E-state index contributed by atoms with van der Waals surface area (Å²) in [7, 11) is 0. The Morgan fingerprint density at radius 2 is 1.97 bits per heavy atom. The summed E-state index contributed by atoms with van der Waals surface area (Å²) >= 11 is 5.71. The average Bonchev–Trinajstić information content (AvgIpc) is 3.12. The maximum absolute atomic E-state index is 13.8. The van der Waals surface area contributed by atoms with Crippen molar-refractivity contribution < 1.29 is 18.4 Å². The van der Waals surface area contributed by atoms with Crippen LogP contribution in [0.2, 0.25) is 5.02 Å². The van der Waals surface area contributed by atoms with Crippen molar-refractivity contribution in [2.45, 2.75) is 26.3 Å². The number of hydrogen-bond donors (Lipinski definition) is 1. The van der Waals surface area contributed by atoms with Gasteiger partial charge in [-0.25, -0.2) is 18.4 Å². The molecular formula is C21H19ClF2N4O2. The largest absolute Gasteiger partial charge is 0.350 e. The van der Waals surface area contributed by atoms with Gasteiger partial charge in [0.25, 0.3) is 5.91 Å². The van der Waals surface area contributed by atoms with Gasteiger partial charge in [0.1, 0.15) is 18.2 Å². The Kier molecular flexibility index (Phi) is 6.89. The number of amides is 1. The zero-order valence-electron chi connectivity index (χ0n) is 16.2. The van der Waals surface area contributed by atoms with Gasteiger partial charge < -0.3 is 5.32 Å². The second-order valence-electron chi connectivity index (χ2n) is 6.57. The molecule has 30 heavy (non-hydrogen) atoms. The van der Waals surface area contributed by atoms with Crippen LogP contribution in [-0.4, -0.2) is 33.0 Å². The molecule has 1 aromatic heterocycles. The maximum Gasteiger partial charge on any atom is 0.288 e. The van der Waals surface area contributed by atoms with Crippen molar-refractivity contribution in [3.05, 3.63) is 70.5 Å². The maximum atomic E-state index is 13.8. The minimum Gasteiger partial charge on any atom is -0.350 e. The van der Waals surface area contributed by atoms with E-state index in [0.717, 1.165) is 6.07 Å². The molecule has 0 aliphatic rings. The first-order chi connectivity index (χ1) is 14.4. The summed E-state index contributed by atoms with van der Waals surface area (Å²) in [5.74, 6) is -1.66. The molecule has 0 saturated heterocycles. The van der Waals surface area contributed by atoms with E-state index in [9.17, 15) is 18.4 Å². The SMILES string of the molecule is CCNC(=O)c1nc(-c2ccc(Cl)c(F)c2)nn1CC(=O)CCc1cccc(F)c1. The molecule has 0 saturated carbocycles. The van der Waals surface area contributed by atoms with Crippen LogP contribution in [0.1, 0.15) is 29.5 Å². The van der Waals surface area contributed by atoms with E-state index in [2.05, 4.69) is 15.4 Å². The second kappa shape index (κ2) is 9.58. The van der Waals surface area contributed by atoms with E-state index in [4.69, 9.17) is 11.6 Å². The van der Waals surface area contributed by atoms with Gasteiger partial charge in [0.2, 0.25) is 5.82 Å². The van der Waals surface area contributed by atoms with Crippen molar-refractivity contribution in [2.75, 3.05) is 6.54 Å². The normalized spacial score (nSPS) is 10.8. The number of hydrogen-bond acceptors (Lipinski definition) is 4. The fraction of sp³-hybridized carbons (Fsp3) is 0.238. The fourth-order valence-corrected chi connectivity index (χ4v) is 2.96. The highest BCUT2D eigenvalue weighted by molar-refractivity contribution is 6.30. The van der Waals surface area contributed by atoms with Crippen LogP contribution >= 0.6 is 11.6 Å². The first-order valence-electron chi connectivity index (χ1n) is 9.32. The van der Waals surface area contributed by atoms with Crippen molar-refractivity contribution >= 4 is 23.3 Å². The molecule has 0 aliphatic heterocycles. The molecule has 3 rings (SSSR count). The Morgan fingerprint density at radius 3 is 2.67 bits per heavy atom. The van der Waals surface area contributed by atoms with Crippen LogP contribution in [0.3, 0.4) is 0 Å². The molecule has 0 aliphatic carbocycles. The highest BCUT2D eigenvalue weighted by atomic mass is 35.5. The number of Topliss-reactive ketones (excluding diaryl/α,β-unsaturated/α-hetero) is 1. The summed E-state index contributed by atoms with van der Waals surface area (Å²) in [6.07, 6.45) is 0.500. The minimum absolute atomic E-state index is 0.0466. The summed E-state index contributed by atoms with van der Waals surface area (Å²) in [4.78, 5) is 29.0. The van der Waals surface area contributed by atoms with Gasteiger partial charge in [-0.15, -0.1) is 5.10 Å². The number of nitrogens with one attached hydrogen (secondary N) is 1. The molecule has 3 aromatic rings. The van der Waals surface area contributed by atoms with E-state index in [0.29, 0.717) is 24.1 Å². The molecule has 1 N–H and O–H groups in total. The van der Waals surface area contributed by atoms with Crippen molar-refractivity contribution in [3.63, 3.8) is 0 Å². The lowest BCUT2D eigenvalue weighted by Gasteiger charge is -2.06. The number of aromatic nitrogens is 3. The third-order valence-corrected chi connectivity index (χ3v) is 4.60. The van der Waals surface area contributed by atoms with Crippen LogP contribution in [-0.2, 0) is 17.8 Å². The summed E-state index contributed by atoms with van der Waals surface area (Å²) < 4.78 is 28.3. The van der Waals surface area contributed by atoms with E-state index < -0.39 is 11.7 Å². The van der Waals surface area contributed by atoms with E-state index in [1.165, 1.54) is 28.9 Å². The number of nitrogens with zero attached hydrogens (tertiary/aromatic N) is 3. The van der Waals surface area contributed by atoms with Crippen molar-refractivity contribution in [2.24, 2.45) is 0 Å². The van der Waals surface area contributed by atoms with Gasteiger partial charge in [0, 0.05) is 18.5 Å². The van der Waals surface area contributed by atoms with E-state index >= 15 is 0 Å². The highest BCUT2D eigenvalue weighted by Gasteiger charge is 2.20. The third-order valence-electron chi connectivity index (χ3n) is 4.30. The Balaban J connectivity index is 1.80.